The first-order chi connectivity index (χ1) is 12.2. The van der Waals surface area contributed by atoms with Crippen LogP contribution < -0.4 is 10.1 Å². The minimum Gasteiger partial charge on any atom is -0.492 e. The van der Waals surface area contributed by atoms with Gasteiger partial charge in [-0.15, -0.1) is 0 Å². The van der Waals surface area contributed by atoms with Crippen molar-refractivity contribution in [1.82, 2.24) is 15.2 Å². The van der Waals surface area contributed by atoms with Gasteiger partial charge in [-0.05, 0) is 29.8 Å². The lowest BCUT2D eigenvalue weighted by atomic mass is 10.1. The molecule has 0 radical (unpaired) electrons. The minimum atomic E-state index is -0.300. The molecule has 0 saturated carbocycles. The van der Waals surface area contributed by atoms with E-state index in [1.807, 2.05) is 42.5 Å². The molecule has 2 heterocycles. The summed E-state index contributed by atoms with van der Waals surface area (Å²) >= 11 is 0. The van der Waals surface area contributed by atoms with Gasteiger partial charge in [-0.2, -0.15) is 0 Å². The molecule has 1 atom stereocenters. The molecule has 3 rings (SSSR count). The summed E-state index contributed by atoms with van der Waals surface area (Å²) in [5, 5.41) is 2.85. The zero-order valence-corrected chi connectivity index (χ0v) is 13.9. The average Bonchev–Trinajstić information content (AvgIpc) is 3.01. The number of aromatic nitrogens is 1. The fraction of sp³-hybridized carbons (Fsp3) is 0.316. The zero-order valence-electron chi connectivity index (χ0n) is 13.9. The number of ether oxygens (including phenoxy) is 1. The van der Waals surface area contributed by atoms with Gasteiger partial charge in [0.05, 0.1) is 12.5 Å². The zero-order chi connectivity index (χ0) is 17.5. The van der Waals surface area contributed by atoms with Crippen molar-refractivity contribution < 1.29 is 14.3 Å². The Bertz CT molecular complexity index is 706. The van der Waals surface area contributed by atoms with E-state index in [1.54, 1.807) is 17.3 Å². The normalized spacial score (nSPS) is 16.7. The van der Waals surface area contributed by atoms with Crippen LogP contribution in [0.3, 0.4) is 0 Å². The molecular formula is C19H21N3O3. The molecule has 6 nitrogen and oxygen atoms in total. The van der Waals surface area contributed by atoms with E-state index in [2.05, 4.69) is 10.3 Å². The van der Waals surface area contributed by atoms with Gasteiger partial charge in [-0.3, -0.25) is 14.6 Å². The van der Waals surface area contributed by atoms with Gasteiger partial charge in [-0.1, -0.05) is 18.2 Å². The topological polar surface area (TPSA) is 71.5 Å². The predicted octanol–water partition coefficient (Wildman–Crippen LogP) is 1.63. The van der Waals surface area contributed by atoms with Crippen LogP contribution in [0.25, 0.3) is 0 Å². The molecular weight excluding hydrogens is 318 g/mol. The highest BCUT2D eigenvalue weighted by atomic mass is 16.5. The Balaban J connectivity index is 1.41. The number of para-hydroxylation sites is 1. The van der Waals surface area contributed by atoms with E-state index in [1.165, 1.54) is 0 Å². The van der Waals surface area contributed by atoms with E-state index in [-0.39, 0.29) is 24.2 Å². The van der Waals surface area contributed by atoms with Gasteiger partial charge in [0.1, 0.15) is 12.4 Å². The number of hydrogen-bond acceptors (Lipinski definition) is 4. The van der Waals surface area contributed by atoms with Crippen molar-refractivity contribution in [1.29, 1.82) is 0 Å². The second-order valence-corrected chi connectivity index (χ2v) is 5.98. The first kappa shape index (κ1) is 17.0. The Labute approximate surface area is 146 Å². The highest BCUT2D eigenvalue weighted by Crippen LogP contribution is 2.20. The lowest BCUT2D eigenvalue weighted by molar-refractivity contribution is -0.129. The van der Waals surface area contributed by atoms with E-state index in [4.69, 9.17) is 4.74 Å². The second kappa shape index (κ2) is 8.28. The van der Waals surface area contributed by atoms with Crippen LogP contribution in [0.5, 0.6) is 5.75 Å². The predicted molar refractivity (Wildman–Crippen MR) is 92.7 cm³/mol. The lowest BCUT2D eigenvalue weighted by Crippen LogP contribution is -2.35. The molecule has 1 aliphatic rings. The monoisotopic (exact) mass is 339 g/mol. The molecule has 6 heteroatoms. The van der Waals surface area contributed by atoms with Crippen LogP contribution in [0, 0.1) is 5.92 Å². The number of hydrogen-bond donors (Lipinski definition) is 1. The highest BCUT2D eigenvalue weighted by Gasteiger charge is 2.33. The van der Waals surface area contributed by atoms with E-state index in [0.717, 1.165) is 11.3 Å². The molecule has 0 bridgehead atoms. The van der Waals surface area contributed by atoms with Crippen LogP contribution in [-0.4, -0.2) is 41.4 Å². The molecule has 0 aliphatic carbocycles. The van der Waals surface area contributed by atoms with Crippen molar-refractivity contribution in [3.63, 3.8) is 0 Å². The van der Waals surface area contributed by atoms with Crippen LogP contribution in [0.15, 0.2) is 54.9 Å². The number of rotatable bonds is 7. The molecule has 1 aromatic carbocycles. The molecule has 130 valence electrons. The smallest absolute Gasteiger partial charge is 0.225 e. The molecule has 0 unspecified atom stereocenters. The minimum absolute atomic E-state index is 0.0116. The molecule has 1 fully saturated rings. The maximum absolute atomic E-state index is 12.2. The number of carbonyl (C=O) groups is 2. The molecule has 1 saturated heterocycles. The van der Waals surface area contributed by atoms with Gasteiger partial charge in [0.25, 0.3) is 0 Å². The molecule has 1 aromatic heterocycles. The third kappa shape index (κ3) is 4.79. The van der Waals surface area contributed by atoms with Crippen LogP contribution in [0.4, 0.5) is 0 Å². The number of carbonyl (C=O) groups excluding carboxylic acids is 2. The first-order valence-electron chi connectivity index (χ1n) is 8.34. The summed E-state index contributed by atoms with van der Waals surface area (Å²) in [7, 11) is 0. The van der Waals surface area contributed by atoms with Gasteiger partial charge in [0, 0.05) is 31.9 Å². The third-order valence-electron chi connectivity index (χ3n) is 4.12. The Morgan fingerprint density at radius 2 is 1.96 bits per heavy atom. The van der Waals surface area contributed by atoms with Gasteiger partial charge in [0.2, 0.25) is 11.8 Å². The van der Waals surface area contributed by atoms with E-state index < -0.39 is 0 Å². The largest absolute Gasteiger partial charge is 0.492 e. The number of nitrogens with one attached hydrogen (secondary N) is 1. The van der Waals surface area contributed by atoms with Crippen molar-refractivity contribution in [2.75, 3.05) is 19.7 Å². The van der Waals surface area contributed by atoms with Gasteiger partial charge >= 0.3 is 0 Å². The summed E-state index contributed by atoms with van der Waals surface area (Å²) in [4.78, 5) is 30.0. The Morgan fingerprint density at radius 1 is 1.20 bits per heavy atom. The Morgan fingerprint density at radius 3 is 2.72 bits per heavy atom. The molecule has 1 N–H and O–H groups in total. The van der Waals surface area contributed by atoms with E-state index >= 15 is 0 Å². The third-order valence-corrected chi connectivity index (χ3v) is 4.12. The summed E-state index contributed by atoms with van der Waals surface area (Å²) in [5.41, 5.74) is 1.01. The number of amides is 2. The summed E-state index contributed by atoms with van der Waals surface area (Å²) < 4.78 is 5.54. The molecule has 2 amide bonds. The van der Waals surface area contributed by atoms with E-state index in [0.29, 0.717) is 26.2 Å². The van der Waals surface area contributed by atoms with Gasteiger partial charge in [0.15, 0.2) is 0 Å². The van der Waals surface area contributed by atoms with Crippen molar-refractivity contribution >= 4 is 11.8 Å². The summed E-state index contributed by atoms with van der Waals surface area (Å²) in [5.74, 6) is 0.391. The van der Waals surface area contributed by atoms with Crippen LogP contribution >= 0.6 is 0 Å². The fourth-order valence-electron chi connectivity index (χ4n) is 2.81. The number of nitrogens with zero attached hydrogens (tertiary/aromatic N) is 2. The second-order valence-electron chi connectivity index (χ2n) is 5.98. The number of pyridine rings is 1. The standard InChI is InChI=1S/C19H21N3O3/c23-18-12-16(14-22(18)13-15-6-8-20-9-7-15)19(24)21-10-11-25-17-4-2-1-3-5-17/h1-9,16H,10-14H2,(H,21,24)/t16-/m1/s1. The quantitative estimate of drug-likeness (QED) is 0.778. The molecule has 1 aliphatic heterocycles. The molecule has 0 spiro atoms. The van der Waals surface area contributed by atoms with Gasteiger partial charge in [-0.25, -0.2) is 0 Å². The van der Waals surface area contributed by atoms with Crippen molar-refractivity contribution in [2.45, 2.75) is 13.0 Å². The van der Waals surface area contributed by atoms with Crippen LogP contribution in [0.2, 0.25) is 0 Å². The molecule has 2 aromatic rings. The lowest BCUT2D eigenvalue weighted by Gasteiger charge is -2.16. The highest BCUT2D eigenvalue weighted by molar-refractivity contribution is 5.89. The first-order valence-corrected chi connectivity index (χ1v) is 8.34. The Kier molecular flexibility index (Phi) is 5.61. The number of likely N-dealkylation sites (tertiary alicyclic amines) is 1. The fourth-order valence-corrected chi connectivity index (χ4v) is 2.81. The van der Waals surface area contributed by atoms with Gasteiger partial charge < -0.3 is 15.0 Å². The summed E-state index contributed by atoms with van der Waals surface area (Å²) in [6.07, 6.45) is 3.66. The average molecular weight is 339 g/mol. The SMILES string of the molecule is O=C(NCCOc1ccccc1)[C@@H]1CC(=O)N(Cc2ccncc2)C1. The summed E-state index contributed by atoms with van der Waals surface area (Å²) in [6, 6.07) is 13.2. The molecule has 25 heavy (non-hydrogen) atoms. The van der Waals surface area contributed by atoms with Crippen molar-refractivity contribution in [3.05, 3.63) is 60.4 Å². The summed E-state index contributed by atoms with van der Waals surface area (Å²) in [6.45, 7) is 1.79. The van der Waals surface area contributed by atoms with Crippen LogP contribution in [0.1, 0.15) is 12.0 Å². The number of benzene rings is 1. The van der Waals surface area contributed by atoms with Crippen LogP contribution in [-0.2, 0) is 16.1 Å². The maximum Gasteiger partial charge on any atom is 0.225 e. The van der Waals surface area contributed by atoms with E-state index in [9.17, 15) is 9.59 Å². The van der Waals surface area contributed by atoms with Crippen molar-refractivity contribution in [3.8, 4) is 5.75 Å². The van der Waals surface area contributed by atoms with Crippen molar-refractivity contribution in [2.24, 2.45) is 5.92 Å². The maximum atomic E-state index is 12.2. The Hall–Kier alpha value is -2.89.